The summed E-state index contributed by atoms with van der Waals surface area (Å²) in [6, 6.07) is 25.7. The predicted molar refractivity (Wildman–Crippen MR) is 205 cm³/mol. The molecule has 284 valence electrons. The molecule has 0 bridgehead atoms. The third kappa shape index (κ3) is 12.2. The summed E-state index contributed by atoms with van der Waals surface area (Å²) in [5, 5.41) is 22.6. The number of urea groups is 1. The minimum Gasteiger partial charge on any atom is -0.465 e. The molecule has 0 aromatic heterocycles. The highest BCUT2D eigenvalue weighted by atomic mass is 16.7. The van der Waals surface area contributed by atoms with Crippen LogP contribution in [0.4, 0.5) is 9.59 Å². The monoisotopic (exact) mass is 728 g/mol. The Morgan fingerprint density at radius 2 is 1.36 bits per heavy atom. The van der Waals surface area contributed by atoms with Gasteiger partial charge in [0.15, 0.2) is 6.29 Å². The van der Waals surface area contributed by atoms with Gasteiger partial charge in [0, 0.05) is 39.9 Å². The van der Waals surface area contributed by atoms with Gasteiger partial charge in [0.2, 0.25) is 11.8 Å². The van der Waals surface area contributed by atoms with Crippen molar-refractivity contribution in [1.29, 1.82) is 0 Å². The van der Waals surface area contributed by atoms with Crippen LogP contribution < -0.4 is 21.4 Å². The fourth-order valence-corrected chi connectivity index (χ4v) is 6.29. The van der Waals surface area contributed by atoms with Gasteiger partial charge in [0.25, 0.3) is 0 Å². The first-order chi connectivity index (χ1) is 25.6. The quantitative estimate of drug-likeness (QED) is 0.0461. The van der Waals surface area contributed by atoms with E-state index < -0.39 is 36.4 Å². The molecule has 13 nitrogen and oxygen atoms in total. The van der Waals surface area contributed by atoms with Gasteiger partial charge in [-0.05, 0) is 72.7 Å². The normalized spacial score (nSPS) is 12.4. The van der Waals surface area contributed by atoms with Gasteiger partial charge in [-0.3, -0.25) is 15.0 Å². The second-order valence-corrected chi connectivity index (χ2v) is 12.8. The van der Waals surface area contributed by atoms with E-state index >= 15 is 0 Å². The number of carboxylic acid groups (broad SMARTS) is 1. The Morgan fingerprint density at radius 1 is 0.774 bits per heavy atom. The van der Waals surface area contributed by atoms with Crippen molar-refractivity contribution >= 4 is 45.5 Å². The lowest BCUT2D eigenvalue weighted by Crippen LogP contribution is -2.56. The van der Waals surface area contributed by atoms with Crippen molar-refractivity contribution in [1.82, 2.24) is 31.3 Å². The van der Waals surface area contributed by atoms with Crippen molar-refractivity contribution in [3.8, 4) is 0 Å². The number of amides is 5. The number of nitrogens with one attached hydrogen (secondary N) is 4. The molecule has 0 saturated heterocycles. The standard InChI is InChI=1S/C40H52N6O7/c1-5-52-38(53-6-2)28(3)46(26-32-20-14-18-30-16-8-10-22-34(30)32)37(48)35(23-11-12-24-41-40(50)51)43-36(47)27-45(4)44-39(49)42-25-31-19-13-17-29-15-7-9-21-33(29)31/h7-10,13-22,28,35,38,41H,5-6,11-12,23-27H2,1-4H3,(H,43,47)(H,50,51)(H2,42,44,49)/t28-,35-/m0/s1. The van der Waals surface area contributed by atoms with Gasteiger partial charge in [-0.2, -0.15) is 0 Å². The number of likely N-dealkylation sites (N-methyl/N-ethyl adjacent to an activating group) is 1. The molecule has 0 saturated carbocycles. The SMILES string of the molecule is CCOC(OCC)[C@H](C)N(Cc1cccc2ccccc12)C(=O)[C@H](CCCCNC(=O)O)NC(=O)CN(C)NC(=O)NCc1cccc2ccccc12. The summed E-state index contributed by atoms with van der Waals surface area (Å²) in [7, 11) is 1.56. The zero-order chi connectivity index (χ0) is 38.2. The molecule has 0 radical (unpaired) electrons. The van der Waals surface area contributed by atoms with E-state index in [-0.39, 0.29) is 38.5 Å². The minimum absolute atomic E-state index is 0.206. The molecule has 4 rings (SSSR count). The molecule has 0 heterocycles. The molecule has 4 aromatic rings. The lowest BCUT2D eigenvalue weighted by atomic mass is 10.0. The largest absolute Gasteiger partial charge is 0.465 e. The van der Waals surface area contributed by atoms with Crippen molar-refractivity contribution in [3.05, 3.63) is 96.1 Å². The Hall–Kier alpha value is -5.24. The average molecular weight is 729 g/mol. The highest BCUT2D eigenvalue weighted by Gasteiger charge is 2.34. The summed E-state index contributed by atoms with van der Waals surface area (Å²) in [4.78, 5) is 53.6. The van der Waals surface area contributed by atoms with Gasteiger partial charge >= 0.3 is 12.1 Å². The van der Waals surface area contributed by atoms with E-state index in [4.69, 9.17) is 14.6 Å². The summed E-state index contributed by atoms with van der Waals surface area (Å²) in [6.07, 6.45) is -0.679. The lowest BCUT2D eigenvalue weighted by Gasteiger charge is -2.37. The first kappa shape index (κ1) is 40.5. The smallest absolute Gasteiger partial charge is 0.404 e. The van der Waals surface area contributed by atoms with Crippen molar-refractivity contribution in [2.75, 3.05) is 33.4 Å². The summed E-state index contributed by atoms with van der Waals surface area (Å²) in [5.41, 5.74) is 4.54. The van der Waals surface area contributed by atoms with Crippen LogP contribution in [-0.4, -0.2) is 90.7 Å². The van der Waals surface area contributed by atoms with Crippen molar-refractivity contribution < 1.29 is 33.8 Å². The summed E-state index contributed by atoms with van der Waals surface area (Å²) < 4.78 is 11.9. The van der Waals surface area contributed by atoms with Gasteiger partial charge in [-0.25, -0.2) is 14.6 Å². The molecule has 0 aliphatic carbocycles. The number of carbonyl (C=O) groups is 4. The molecular formula is C40H52N6O7. The summed E-state index contributed by atoms with van der Waals surface area (Å²) in [6.45, 7) is 6.82. The zero-order valence-corrected chi connectivity index (χ0v) is 31.0. The van der Waals surface area contributed by atoms with Crippen molar-refractivity contribution in [2.45, 2.75) is 71.5 Å². The molecule has 0 aliphatic heterocycles. The van der Waals surface area contributed by atoms with Crippen molar-refractivity contribution in [3.63, 3.8) is 0 Å². The number of fused-ring (bicyclic) bond motifs is 2. The number of hydrogen-bond donors (Lipinski definition) is 5. The van der Waals surface area contributed by atoms with E-state index in [2.05, 4.69) is 21.4 Å². The third-order valence-electron chi connectivity index (χ3n) is 8.87. The molecular weight excluding hydrogens is 676 g/mol. The van der Waals surface area contributed by atoms with Crippen LogP contribution in [0.3, 0.4) is 0 Å². The molecule has 0 unspecified atom stereocenters. The Balaban J connectivity index is 1.49. The maximum Gasteiger partial charge on any atom is 0.404 e. The number of nitrogens with zero attached hydrogens (tertiary/aromatic N) is 2. The molecule has 2 atom stereocenters. The number of hydrazine groups is 1. The van der Waals surface area contributed by atoms with E-state index in [1.165, 1.54) is 5.01 Å². The highest BCUT2D eigenvalue weighted by Crippen LogP contribution is 2.24. The van der Waals surface area contributed by atoms with E-state index in [9.17, 15) is 19.2 Å². The van der Waals surface area contributed by atoms with E-state index in [0.29, 0.717) is 26.1 Å². The maximum absolute atomic E-state index is 14.6. The van der Waals surface area contributed by atoms with Crippen LogP contribution in [-0.2, 0) is 32.2 Å². The van der Waals surface area contributed by atoms with Gasteiger partial charge in [-0.1, -0.05) is 84.9 Å². The van der Waals surface area contributed by atoms with Gasteiger partial charge in [0.1, 0.15) is 6.04 Å². The maximum atomic E-state index is 14.6. The molecule has 0 aliphatic rings. The fourth-order valence-electron chi connectivity index (χ4n) is 6.29. The Bertz CT molecular complexity index is 1800. The van der Waals surface area contributed by atoms with Gasteiger partial charge in [0.05, 0.1) is 12.6 Å². The third-order valence-corrected chi connectivity index (χ3v) is 8.87. The number of benzene rings is 4. The topological polar surface area (TPSA) is 162 Å². The van der Waals surface area contributed by atoms with E-state index in [1.807, 2.05) is 106 Å². The Kier molecular flexibility index (Phi) is 15.8. The first-order valence-corrected chi connectivity index (χ1v) is 18.1. The number of hydrogen-bond acceptors (Lipinski definition) is 7. The Morgan fingerprint density at radius 3 is 1.98 bits per heavy atom. The molecule has 5 N–H and O–H groups in total. The summed E-state index contributed by atoms with van der Waals surface area (Å²) >= 11 is 0. The molecule has 13 heteroatoms. The van der Waals surface area contributed by atoms with Crippen molar-refractivity contribution in [2.24, 2.45) is 0 Å². The second kappa shape index (κ2) is 20.7. The predicted octanol–water partition coefficient (Wildman–Crippen LogP) is 5.38. The molecule has 0 fully saturated rings. The van der Waals surface area contributed by atoms with Crippen LogP contribution in [0.25, 0.3) is 21.5 Å². The zero-order valence-electron chi connectivity index (χ0n) is 31.0. The minimum atomic E-state index is -1.13. The average Bonchev–Trinajstić information content (AvgIpc) is 3.14. The molecule has 4 aromatic carbocycles. The van der Waals surface area contributed by atoms with E-state index in [0.717, 1.165) is 32.7 Å². The second-order valence-electron chi connectivity index (χ2n) is 12.8. The highest BCUT2D eigenvalue weighted by molar-refractivity contribution is 5.90. The number of rotatable bonds is 20. The number of ether oxygens (including phenoxy) is 2. The summed E-state index contributed by atoms with van der Waals surface area (Å²) in [5.74, 6) is -0.814. The fraction of sp³-hybridized carbons (Fsp3) is 0.400. The van der Waals surface area contributed by atoms with Crippen LogP contribution in [0.2, 0.25) is 0 Å². The number of carbonyl (C=O) groups excluding carboxylic acids is 3. The molecule has 5 amide bonds. The van der Waals surface area contributed by atoms with Crippen LogP contribution in [0.5, 0.6) is 0 Å². The van der Waals surface area contributed by atoms with Crippen LogP contribution in [0.15, 0.2) is 84.9 Å². The van der Waals surface area contributed by atoms with Crippen LogP contribution in [0.1, 0.15) is 51.2 Å². The number of unbranched alkanes of at least 4 members (excludes halogenated alkanes) is 1. The molecule has 0 spiro atoms. The molecule has 53 heavy (non-hydrogen) atoms. The van der Waals surface area contributed by atoms with Gasteiger partial charge < -0.3 is 35.4 Å². The first-order valence-electron chi connectivity index (χ1n) is 18.1. The van der Waals surface area contributed by atoms with Crippen LogP contribution in [0, 0.1) is 0 Å². The van der Waals surface area contributed by atoms with Gasteiger partial charge in [-0.15, -0.1) is 0 Å². The van der Waals surface area contributed by atoms with Crippen LogP contribution >= 0.6 is 0 Å². The Labute approximate surface area is 311 Å². The lowest BCUT2D eigenvalue weighted by molar-refractivity contribution is -0.179. The van der Waals surface area contributed by atoms with E-state index in [1.54, 1.807) is 11.9 Å².